The van der Waals surface area contributed by atoms with Gasteiger partial charge in [-0.3, -0.25) is 4.98 Å². The Balaban J connectivity index is 1.62. The monoisotopic (exact) mass is 381 g/mol. The number of aryl methyl sites for hydroxylation is 1. The first kappa shape index (κ1) is 18.6. The van der Waals surface area contributed by atoms with Gasteiger partial charge >= 0.3 is 0 Å². The van der Waals surface area contributed by atoms with Crippen molar-refractivity contribution in [1.29, 1.82) is 0 Å². The van der Waals surface area contributed by atoms with Gasteiger partial charge in [-0.05, 0) is 35.7 Å². The van der Waals surface area contributed by atoms with Gasteiger partial charge in [0.25, 0.3) is 0 Å². The number of nitrogens with one attached hydrogen (secondary N) is 2. The maximum atomic E-state index is 4.72. The van der Waals surface area contributed by atoms with Gasteiger partial charge in [-0.1, -0.05) is 55.5 Å². The molecular formula is C24H23N5. The minimum atomic E-state index is 0.560. The van der Waals surface area contributed by atoms with Crippen LogP contribution >= 0.6 is 0 Å². The van der Waals surface area contributed by atoms with Crippen molar-refractivity contribution in [3.8, 4) is 11.3 Å². The Hall–Kier alpha value is -3.73. The molecule has 4 rings (SSSR count). The molecule has 0 saturated heterocycles. The number of hydrogen-bond acceptors (Lipinski definition) is 5. The summed E-state index contributed by atoms with van der Waals surface area (Å²) in [5.41, 5.74) is 5.27. The Bertz CT molecular complexity index is 1050. The molecule has 0 atom stereocenters. The van der Waals surface area contributed by atoms with E-state index in [1.807, 2.05) is 54.7 Å². The molecule has 2 N–H and O–H groups in total. The predicted octanol–water partition coefficient (Wildman–Crippen LogP) is 5.46. The number of anilines is 3. The van der Waals surface area contributed by atoms with Crippen LogP contribution in [-0.2, 0) is 13.0 Å². The highest BCUT2D eigenvalue weighted by molar-refractivity contribution is 5.66. The summed E-state index contributed by atoms with van der Waals surface area (Å²) in [6.07, 6.45) is 4.64. The second-order valence-corrected chi connectivity index (χ2v) is 6.72. The second-order valence-electron chi connectivity index (χ2n) is 6.72. The summed E-state index contributed by atoms with van der Waals surface area (Å²) in [6.45, 7) is 2.79. The van der Waals surface area contributed by atoms with Crippen LogP contribution in [0, 0.1) is 0 Å². The molecule has 144 valence electrons. The first-order valence-corrected chi connectivity index (χ1v) is 9.73. The Kier molecular flexibility index (Phi) is 5.76. The van der Waals surface area contributed by atoms with Gasteiger partial charge in [0, 0.05) is 36.3 Å². The van der Waals surface area contributed by atoms with E-state index >= 15 is 0 Å². The van der Waals surface area contributed by atoms with Crippen molar-refractivity contribution < 1.29 is 0 Å². The molecule has 0 bridgehead atoms. The summed E-state index contributed by atoms with van der Waals surface area (Å²) < 4.78 is 0. The summed E-state index contributed by atoms with van der Waals surface area (Å²) in [5.74, 6) is 1.32. The Morgan fingerprint density at radius 3 is 2.38 bits per heavy atom. The quantitative estimate of drug-likeness (QED) is 0.445. The van der Waals surface area contributed by atoms with E-state index in [1.165, 1.54) is 5.56 Å². The highest BCUT2D eigenvalue weighted by atomic mass is 15.1. The summed E-state index contributed by atoms with van der Waals surface area (Å²) in [6, 6.07) is 24.4. The van der Waals surface area contributed by atoms with Crippen molar-refractivity contribution in [2.45, 2.75) is 19.9 Å². The van der Waals surface area contributed by atoms with E-state index < -0.39 is 0 Å². The molecule has 0 radical (unpaired) electrons. The van der Waals surface area contributed by atoms with E-state index in [4.69, 9.17) is 4.98 Å². The van der Waals surface area contributed by atoms with Gasteiger partial charge < -0.3 is 10.6 Å². The zero-order valence-corrected chi connectivity index (χ0v) is 16.3. The number of hydrogen-bond donors (Lipinski definition) is 2. The third-order valence-electron chi connectivity index (χ3n) is 4.61. The molecule has 4 aromatic rings. The fourth-order valence-electron chi connectivity index (χ4n) is 3.00. The summed E-state index contributed by atoms with van der Waals surface area (Å²) in [5, 5.41) is 6.71. The second kappa shape index (κ2) is 8.97. The number of rotatable bonds is 7. The van der Waals surface area contributed by atoms with Gasteiger partial charge in [-0.25, -0.2) is 4.98 Å². The van der Waals surface area contributed by atoms with Crippen LogP contribution in [0.25, 0.3) is 11.3 Å². The van der Waals surface area contributed by atoms with Crippen molar-refractivity contribution in [3.05, 3.63) is 96.3 Å². The zero-order valence-electron chi connectivity index (χ0n) is 16.3. The lowest BCUT2D eigenvalue weighted by Crippen LogP contribution is -2.06. The number of pyridine rings is 1. The average molecular weight is 381 g/mol. The Labute approximate surface area is 170 Å². The average Bonchev–Trinajstić information content (AvgIpc) is 2.79. The van der Waals surface area contributed by atoms with Crippen LogP contribution in [0.1, 0.15) is 18.1 Å². The SMILES string of the molecule is CCc1ccc(Nc2nc(NCc3cccnc3)cc(-c3ccccc3)n2)cc1. The molecule has 0 aliphatic carbocycles. The largest absolute Gasteiger partial charge is 0.366 e. The van der Waals surface area contributed by atoms with Crippen molar-refractivity contribution in [2.24, 2.45) is 0 Å². The smallest absolute Gasteiger partial charge is 0.229 e. The van der Waals surface area contributed by atoms with Gasteiger partial charge in [0.2, 0.25) is 5.95 Å². The van der Waals surface area contributed by atoms with Crippen LogP contribution in [-0.4, -0.2) is 15.0 Å². The van der Waals surface area contributed by atoms with Crippen LogP contribution in [0.4, 0.5) is 17.5 Å². The lowest BCUT2D eigenvalue weighted by atomic mass is 10.1. The molecule has 2 aromatic carbocycles. The third kappa shape index (κ3) is 4.96. The van der Waals surface area contributed by atoms with Crippen LogP contribution in [0.2, 0.25) is 0 Å². The molecule has 0 spiro atoms. The van der Waals surface area contributed by atoms with Crippen LogP contribution in [0.15, 0.2) is 85.2 Å². The molecule has 29 heavy (non-hydrogen) atoms. The molecule has 0 amide bonds. The van der Waals surface area contributed by atoms with Crippen LogP contribution < -0.4 is 10.6 Å². The topological polar surface area (TPSA) is 62.7 Å². The summed E-state index contributed by atoms with van der Waals surface area (Å²) in [4.78, 5) is 13.5. The minimum absolute atomic E-state index is 0.560. The maximum absolute atomic E-state index is 4.72. The number of benzene rings is 2. The van der Waals surface area contributed by atoms with Crippen LogP contribution in [0.5, 0.6) is 0 Å². The van der Waals surface area contributed by atoms with Gasteiger partial charge in [0.15, 0.2) is 0 Å². The standard InChI is InChI=1S/C24H23N5/c1-2-18-10-12-21(13-11-18)27-24-28-22(20-8-4-3-5-9-20)15-23(29-24)26-17-19-7-6-14-25-16-19/h3-16H,2,17H2,1H3,(H2,26,27,28,29). The molecule has 0 unspecified atom stereocenters. The molecule has 0 aliphatic heterocycles. The van der Waals surface area contributed by atoms with E-state index in [1.54, 1.807) is 6.20 Å². The van der Waals surface area contributed by atoms with Crippen LogP contribution in [0.3, 0.4) is 0 Å². The van der Waals surface area contributed by atoms with E-state index in [9.17, 15) is 0 Å². The lowest BCUT2D eigenvalue weighted by molar-refractivity contribution is 1.07. The molecule has 0 fully saturated rings. The first-order valence-electron chi connectivity index (χ1n) is 9.73. The number of nitrogens with zero attached hydrogens (tertiary/aromatic N) is 3. The fraction of sp³-hybridized carbons (Fsp3) is 0.125. The molecular weight excluding hydrogens is 358 g/mol. The van der Waals surface area contributed by atoms with Gasteiger partial charge in [-0.15, -0.1) is 0 Å². The highest BCUT2D eigenvalue weighted by Gasteiger charge is 2.08. The van der Waals surface area contributed by atoms with Gasteiger partial charge in [0.05, 0.1) is 5.69 Å². The van der Waals surface area contributed by atoms with Crippen molar-refractivity contribution in [2.75, 3.05) is 10.6 Å². The molecule has 2 aromatic heterocycles. The number of aromatic nitrogens is 3. The van der Waals surface area contributed by atoms with E-state index in [2.05, 4.69) is 51.8 Å². The van der Waals surface area contributed by atoms with Gasteiger partial charge in [0.1, 0.15) is 5.82 Å². The fourth-order valence-corrected chi connectivity index (χ4v) is 3.00. The third-order valence-corrected chi connectivity index (χ3v) is 4.61. The van der Waals surface area contributed by atoms with Crippen molar-refractivity contribution >= 4 is 17.5 Å². The molecule has 0 saturated carbocycles. The van der Waals surface area contributed by atoms with E-state index in [0.29, 0.717) is 12.5 Å². The summed E-state index contributed by atoms with van der Waals surface area (Å²) in [7, 11) is 0. The molecule has 5 nitrogen and oxygen atoms in total. The van der Waals surface area contributed by atoms with E-state index in [-0.39, 0.29) is 0 Å². The highest BCUT2D eigenvalue weighted by Crippen LogP contribution is 2.23. The Morgan fingerprint density at radius 2 is 1.66 bits per heavy atom. The van der Waals surface area contributed by atoms with Crippen molar-refractivity contribution in [3.63, 3.8) is 0 Å². The zero-order chi connectivity index (χ0) is 19.9. The molecule has 5 heteroatoms. The first-order chi connectivity index (χ1) is 14.3. The lowest BCUT2D eigenvalue weighted by Gasteiger charge is -2.12. The molecule has 2 heterocycles. The summed E-state index contributed by atoms with van der Waals surface area (Å²) >= 11 is 0. The predicted molar refractivity (Wildman–Crippen MR) is 118 cm³/mol. The maximum Gasteiger partial charge on any atom is 0.229 e. The van der Waals surface area contributed by atoms with Crippen molar-refractivity contribution in [1.82, 2.24) is 15.0 Å². The van der Waals surface area contributed by atoms with E-state index in [0.717, 1.165) is 34.7 Å². The minimum Gasteiger partial charge on any atom is -0.366 e. The van der Waals surface area contributed by atoms with Gasteiger partial charge in [-0.2, -0.15) is 4.98 Å². The Morgan fingerprint density at radius 1 is 0.828 bits per heavy atom. The normalized spacial score (nSPS) is 10.5. The molecule has 0 aliphatic rings.